The maximum atomic E-state index is 5.62. The molecule has 3 rings (SSSR count). The van der Waals surface area contributed by atoms with Gasteiger partial charge in [0, 0.05) is 43.8 Å². The number of nitrogens with zero attached hydrogens (tertiary/aromatic N) is 3. The van der Waals surface area contributed by atoms with Gasteiger partial charge in [0.15, 0.2) is 5.13 Å². The highest BCUT2D eigenvalue weighted by Crippen LogP contribution is 2.24. The molecule has 2 N–H and O–H groups in total. The largest absolute Gasteiger partial charge is 0.497 e. The number of ether oxygens (including phenoxy) is 1. The third-order valence-electron chi connectivity index (χ3n) is 3.74. The Bertz CT molecular complexity index is 576. The summed E-state index contributed by atoms with van der Waals surface area (Å²) in [6.07, 6.45) is 0. The molecule has 1 aliphatic rings. The Morgan fingerprint density at radius 2 is 1.81 bits per heavy atom. The molecule has 0 spiro atoms. The molecule has 0 saturated carbocycles. The first-order chi connectivity index (χ1) is 10.3. The smallest absolute Gasteiger partial charge is 0.185 e. The van der Waals surface area contributed by atoms with Crippen molar-refractivity contribution in [2.45, 2.75) is 6.54 Å². The van der Waals surface area contributed by atoms with Crippen molar-refractivity contribution in [1.82, 2.24) is 4.98 Å². The van der Waals surface area contributed by atoms with Gasteiger partial charge in [-0.15, -0.1) is 11.3 Å². The highest BCUT2D eigenvalue weighted by molar-refractivity contribution is 7.13. The monoisotopic (exact) mass is 304 g/mol. The lowest BCUT2D eigenvalue weighted by Gasteiger charge is -2.36. The topological polar surface area (TPSA) is 54.6 Å². The standard InChI is InChI=1S/C15H20N4OS/c1-20-14-4-2-13(3-5-14)18-6-8-19(9-7-18)15-17-12(10-16)11-21-15/h2-5,11H,6-10,16H2,1H3. The minimum atomic E-state index is 0.516. The fraction of sp³-hybridized carbons (Fsp3) is 0.400. The highest BCUT2D eigenvalue weighted by Gasteiger charge is 2.19. The zero-order valence-corrected chi connectivity index (χ0v) is 13.0. The van der Waals surface area contributed by atoms with Crippen LogP contribution in [0.5, 0.6) is 5.75 Å². The number of benzene rings is 1. The summed E-state index contributed by atoms with van der Waals surface area (Å²) < 4.78 is 5.20. The van der Waals surface area contributed by atoms with E-state index in [-0.39, 0.29) is 0 Å². The lowest BCUT2D eigenvalue weighted by Crippen LogP contribution is -2.46. The summed E-state index contributed by atoms with van der Waals surface area (Å²) in [4.78, 5) is 9.29. The van der Waals surface area contributed by atoms with E-state index in [1.165, 1.54) is 5.69 Å². The Morgan fingerprint density at radius 1 is 1.14 bits per heavy atom. The summed E-state index contributed by atoms with van der Waals surface area (Å²) in [7, 11) is 1.69. The number of hydrogen-bond donors (Lipinski definition) is 1. The van der Waals surface area contributed by atoms with Crippen molar-refractivity contribution in [2.75, 3.05) is 43.1 Å². The number of rotatable bonds is 4. The number of piperazine rings is 1. The second-order valence-electron chi connectivity index (χ2n) is 5.00. The average Bonchev–Trinajstić information content (AvgIpc) is 3.04. The molecule has 0 unspecified atom stereocenters. The Morgan fingerprint density at radius 3 is 2.38 bits per heavy atom. The first-order valence-corrected chi connectivity index (χ1v) is 7.96. The van der Waals surface area contributed by atoms with Gasteiger partial charge in [-0.2, -0.15) is 0 Å². The predicted molar refractivity (Wildman–Crippen MR) is 87.4 cm³/mol. The Hall–Kier alpha value is -1.79. The maximum Gasteiger partial charge on any atom is 0.185 e. The molecule has 1 saturated heterocycles. The fourth-order valence-corrected chi connectivity index (χ4v) is 3.38. The lowest BCUT2D eigenvalue weighted by molar-refractivity contribution is 0.415. The quantitative estimate of drug-likeness (QED) is 0.935. The maximum absolute atomic E-state index is 5.62. The second kappa shape index (κ2) is 6.32. The highest BCUT2D eigenvalue weighted by atomic mass is 32.1. The first-order valence-electron chi connectivity index (χ1n) is 7.08. The minimum absolute atomic E-state index is 0.516. The molecule has 0 amide bonds. The van der Waals surface area contributed by atoms with Gasteiger partial charge in [-0.05, 0) is 24.3 Å². The van der Waals surface area contributed by atoms with E-state index < -0.39 is 0 Å². The van der Waals surface area contributed by atoms with Crippen LogP contribution in [-0.2, 0) is 6.54 Å². The molecule has 2 aromatic rings. The molecule has 5 nitrogen and oxygen atoms in total. The van der Waals surface area contributed by atoms with Crippen LogP contribution in [0.25, 0.3) is 0 Å². The molecule has 112 valence electrons. The van der Waals surface area contributed by atoms with Crippen LogP contribution in [0.15, 0.2) is 29.6 Å². The molecule has 1 fully saturated rings. The van der Waals surface area contributed by atoms with Crippen LogP contribution in [-0.4, -0.2) is 38.3 Å². The van der Waals surface area contributed by atoms with Crippen LogP contribution in [0.4, 0.5) is 10.8 Å². The fourth-order valence-electron chi connectivity index (χ4n) is 2.48. The zero-order valence-electron chi connectivity index (χ0n) is 12.2. The molecule has 6 heteroatoms. The molecule has 0 aliphatic carbocycles. The molecule has 2 heterocycles. The summed E-state index contributed by atoms with van der Waals surface area (Å²) in [5.41, 5.74) is 7.85. The van der Waals surface area contributed by atoms with Crippen molar-refractivity contribution in [1.29, 1.82) is 0 Å². The minimum Gasteiger partial charge on any atom is -0.497 e. The Kier molecular flexibility index (Phi) is 4.26. The lowest BCUT2D eigenvalue weighted by atomic mass is 10.2. The van der Waals surface area contributed by atoms with E-state index in [1.807, 2.05) is 17.5 Å². The Labute approximate surface area is 129 Å². The van der Waals surface area contributed by atoms with Crippen molar-refractivity contribution in [2.24, 2.45) is 5.73 Å². The third kappa shape index (κ3) is 3.11. The summed E-state index contributed by atoms with van der Waals surface area (Å²) in [5.74, 6) is 0.898. The van der Waals surface area contributed by atoms with Gasteiger partial charge in [-0.1, -0.05) is 0 Å². The van der Waals surface area contributed by atoms with E-state index in [2.05, 4.69) is 26.9 Å². The number of hydrogen-bond acceptors (Lipinski definition) is 6. The normalized spacial score (nSPS) is 15.3. The van der Waals surface area contributed by atoms with Crippen molar-refractivity contribution < 1.29 is 4.74 Å². The number of methoxy groups -OCH3 is 1. The van der Waals surface area contributed by atoms with Crippen LogP contribution in [0, 0.1) is 0 Å². The molecule has 0 radical (unpaired) electrons. The molecular formula is C15H20N4OS. The van der Waals surface area contributed by atoms with E-state index >= 15 is 0 Å². The van der Waals surface area contributed by atoms with E-state index in [9.17, 15) is 0 Å². The predicted octanol–water partition coefficient (Wildman–Crippen LogP) is 1.94. The van der Waals surface area contributed by atoms with Gasteiger partial charge in [-0.25, -0.2) is 4.98 Å². The number of anilines is 2. The van der Waals surface area contributed by atoms with Crippen LogP contribution < -0.4 is 20.3 Å². The van der Waals surface area contributed by atoms with Crippen LogP contribution in [0.1, 0.15) is 5.69 Å². The van der Waals surface area contributed by atoms with Gasteiger partial charge in [0.25, 0.3) is 0 Å². The van der Waals surface area contributed by atoms with Crippen LogP contribution in [0.3, 0.4) is 0 Å². The molecule has 1 aliphatic heterocycles. The van der Waals surface area contributed by atoms with E-state index in [1.54, 1.807) is 18.4 Å². The Balaban J connectivity index is 1.61. The van der Waals surface area contributed by atoms with Crippen molar-refractivity contribution in [3.63, 3.8) is 0 Å². The zero-order chi connectivity index (χ0) is 14.7. The number of thiazole rings is 1. The molecule has 1 aromatic heterocycles. The van der Waals surface area contributed by atoms with Gasteiger partial charge in [0.05, 0.1) is 12.8 Å². The van der Waals surface area contributed by atoms with Crippen LogP contribution in [0.2, 0.25) is 0 Å². The van der Waals surface area contributed by atoms with E-state index in [4.69, 9.17) is 10.5 Å². The van der Waals surface area contributed by atoms with Gasteiger partial charge in [-0.3, -0.25) is 0 Å². The summed E-state index contributed by atoms with van der Waals surface area (Å²) in [6.45, 7) is 4.50. The van der Waals surface area contributed by atoms with E-state index in [0.717, 1.165) is 42.8 Å². The average molecular weight is 304 g/mol. The summed E-state index contributed by atoms with van der Waals surface area (Å²) >= 11 is 1.68. The molecular weight excluding hydrogens is 284 g/mol. The first kappa shape index (κ1) is 14.2. The molecule has 1 aromatic carbocycles. The summed E-state index contributed by atoms with van der Waals surface area (Å²) in [6, 6.07) is 8.25. The third-order valence-corrected chi connectivity index (χ3v) is 4.69. The van der Waals surface area contributed by atoms with Crippen molar-refractivity contribution in [3.05, 3.63) is 35.3 Å². The summed E-state index contributed by atoms with van der Waals surface area (Å²) in [5, 5.41) is 3.13. The number of nitrogens with two attached hydrogens (primary N) is 1. The van der Waals surface area contributed by atoms with E-state index in [0.29, 0.717) is 6.54 Å². The van der Waals surface area contributed by atoms with Gasteiger partial charge >= 0.3 is 0 Å². The van der Waals surface area contributed by atoms with Gasteiger partial charge in [0.2, 0.25) is 0 Å². The SMILES string of the molecule is COc1ccc(N2CCN(c3nc(CN)cs3)CC2)cc1. The molecule has 21 heavy (non-hydrogen) atoms. The molecule has 0 atom stereocenters. The second-order valence-corrected chi connectivity index (χ2v) is 5.83. The number of aromatic nitrogens is 1. The van der Waals surface area contributed by atoms with Gasteiger partial charge < -0.3 is 20.3 Å². The molecule has 0 bridgehead atoms. The van der Waals surface area contributed by atoms with Gasteiger partial charge in [0.1, 0.15) is 5.75 Å². The van der Waals surface area contributed by atoms with Crippen molar-refractivity contribution in [3.8, 4) is 5.75 Å². The van der Waals surface area contributed by atoms with Crippen molar-refractivity contribution >= 4 is 22.2 Å². The van der Waals surface area contributed by atoms with Crippen LogP contribution >= 0.6 is 11.3 Å².